The zero-order chi connectivity index (χ0) is 16.9. The molecule has 0 aliphatic carbocycles. The molecule has 0 N–H and O–H groups in total. The molecule has 0 aliphatic heterocycles. The van der Waals surface area contributed by atoms with Gasteiger partial charge >= 0.3 is 0 Å². The highest BCUT2D eigenvalue weighted by molar-refractivity contribution is 7.99. The molecule has 0 aliphatic rings. The summed E-state index contributed by atoms with van der Waals surface area (Å²) >= 11 is 7.68. The van der Waals surface area contributed by atoms with Crippen LogP contribution in [0.1, 0.15) is 19.7 Å². The quantitative estimate of drug-likeness (QED) is 0.580. The van der Waals surface area contributed by atoms with Gasteiger partial charge in [0.25, 0.3) is 0 Å². The molecule has 0 saturated heterocycles. The van der Waals surface area contributed by atoms with Gasteiger partial charge in [-0.15, -0.1) is 10.2 Å². The second-order valence-electron chi connectivity index (χ2n) is 5.48. The zero-order valence-electron chi connectivity index (χ0n) is 13.5. The number of benzene rings is 2. The predicted molar refractivity (Wildman–Crippen MR) is 98.1 cm³/mol. The van der Waals surface area contributed by atoms with Gasteiger partial charge in [0.15, 0.2) is 11.0 Å². The first kappa shape index (κ1) is 16.9. The molecule has 1 aromatic heterocycles. The van der Waals surface area contributed by atoms with Gasteiger partial charge in [-0.05, 0) is 36.4 Å². The molecular formula is C18H18ClN3OS. The summed E-state index contributed by atoms with van der Waals surface area (Å²) in [5.41, 5.74) is 0.971. The highest BCUT2D eigenvalue weighted by Gasteiger charge is 2.16. The Balaban J connectivity index is 1.90. The fraction of sp³-hybridized carbons (Fsp3) is 0.222. The summed E-state index contributed by atoms with van der Waals surface area (Å²) in [5.74, 6) is 1.56. The number of rotatable bonds is 6. The second-order valence-corrected chi connectivity index (χ2v) is 7.46. The minimum Gasteiger partial charge on any atom is -0.486 e. The van der Waals surface area contributed by atoms with E-state index in [4.69, 9.17) is 16.3 Å². The number of nitrogens with zero attached hydrogens (tertiary/aromatic N) is 3. The molecule has 0 unspecified atom stereocenters. The molecule has 0 spiro atoms. The molecule has 24 heavy (non-hydrogen) atoms. The van der Waals surface area contributed by atoms with Crippen LogP contribution in [0.25, 0.3) is 5.69 Å². The van der Waals surface area contributed by atoms with Crippen molar-refractivity contribution in [1.82, 2.24) is 14.8 Å². The van der Waals surface area contributed by atoms with Crippen LogP contribution in [-0.2, 0) is 6.61 Å². The summed E-state index contributed by atoms with van der Waals surface area (Å²) in [4.78, 5) is 0. The monoisotopic (exact) mass is 359 g/mol. The standard InChI is InChI=1S/C18H18ClN3OS/c1-13(2)24-18-21-20-17(12-23-16-6-4-3-5-7-16)22(18)15-10-8-14(19)9-11-15/h3-11,13H,12H2,1-2H3. The Bertz CT molecular complexity index is 788. The van der Waals surface area contributed by atoms with Crippen LogP contribution in [0.15, 0.2) is 59.8 Å². The lowest BCUT2D eigenvalue weighted by atomic mass is 10.3. The lowest BCUT2D eigenvalue weighted by Crippen LogP contribution is -2.07. The van der Waals surface area contributed by atoms with Crippen molar-refractivity contribution in [2.75, 3.05) is 0 Å². The normalized spacial score (nSPS) is 11.0. The van der Waals surface area contributed by atoms with Gasteiger partial charge in [0.2, 0.25) is 0 Å². The molecule has 1 heterocycles. The Hall–Kier alpha value is -1.98. The van der Waals surface area contributed by atoms with Crippen molar-refractivity contribution in [3.63, 3.8) is 0 Å². The third-order valence-corrected chi connectivity index (χ3v) is 4.44. The van der Waals surface area contributed by atoms with E-state index < -0.39 is 0 Å². The molecule has 3 aromatic rings. The molecule has 0 atom stereocenters. The molecule has 0 fully saturated rings. The number of hydrogen-bond donors (Lipinski definition) is 0. The topological polar surface area (TPSA) is 39.9 Å². The summed E-state index contributed by atoms with van der Waals surface area (Å²) in [5, 5.41) is 10.6. The molecule has 6 heteroatoms. The van der Waals surface area contributed by atoms with E-state index in [9.17, 15) is 0 Å². The van der Waals surface area contributed by atoms with E-state index in [1.165, 1.54) is 0 Å². The lowest BCUT2D eigenvalue weighted by Gasteiger charge is -2.12. The van der Waals surface area contributed by atoms with Crippen LogP contribution in [0.4, 0.5) is 0 Å². The maximum atomic E-state index is 6.01. The van der Waals surface area contributed by atoms with Crippen molar-refractivity contribution < 1.29 is 4.74 Å². The summed E-state index contributed by atoms with van der Waals surface area (Å²) in [7, 11) is 0. The zero-order valence-corrected chi connectivity index (χ0v) is 15.1. The molecule has 2 aromatic carbocycles. The third kappa shape index (κ3) is 4.10. The lowest BCUT2D eigenvalue weighted by molar-refractivity contribution is 0.293. The Labute approximate surface area is 150 Å². The Morgan fingerprint density at radius 3 is 2.42 bits per heavy atom. The predicted octanol–water partition coefficient (Wildman–Crippen LogP) is 5.00. The number of ether oxygens (including phenoxy) is 1. The minimum atomic E-state index is 0.346. The van der Waals surface area contributed by atoms with Crippen LogP contribution in [-0.4, -0.2) is 20.0 Å². The van der Waals surface area contributed by atoms with Crippen molar-refractivity contribution in [2.45, 2.75) is 30.9 Å². The first-order valence-electron chi connectivity index (χ1n) is 7.68. The number of para-hydroxylation sites is 1. The van der Waals surface area contributed by atoms with Gasteiger partial charge < -0.3 is 4.74 Å². The van der Waals surface area contributed by atoms with Crippen LogP contribution in [0.5, 0.6) is 5.75 Å². The van der Waals surface area contributed by atoms with Gasteiger partial charge in [-0.25, -0.2) is 0 Å². The van der Waals surface area contributed by atoms with E-state index in [-0.39, 0.29) is 0 Å². The average molecular weight is 360 g/mol. The smallest absolute Gasteiger partial charge is 0.196 e. The maximum absolute atomic E-state index is 6.01. The molecule has 0 bridgehead atoms. The minimum absolute atomic E-state index is 0.346. The first-order chi connectivity index (χ1) is 11.6. The molecular weight excluding hydrogens is 342 g/mol. The van der Waals surface area contributed by atoms with Crippen LogP contribution < -0.4 is 4.74 Å². The van der Waals surface area contributed by atoms with Crippen LogP contribution >= 0.6 is 23.4 Å². The fourth-order valence-corrected chi connectivity index (χ4v) is 3.15. The van der Waals surface area contributed by atoms with Gasteiger partial charge in [-0.2, -0.15) is 0 Å². The van der Waals surface area contributed by atoms with Crippen LogP contribution in [0.2, 0.25) is 5.02 Å². The average Bonchev–Trinajstić information content (AvgIpc) is 2.96. The van der Waals surface area contributed by atoms with Gasteiger partial charge in [-0.3, -0.25) is 4.57 Å². The van der Waals surface area contributed by atoms with Crippen molar-refractivity contribution in [3.8, 4) is 11.4 Å². The second kappa shape index (κ2) is 7.73. The van der Waals surface area contributed by atoms with Crippen molar-refractivity contribution >= 4 is 23.4 Å². The van der Waals surface area contributed by atoms with E-state index in [0.29, 0.717) is 16.9 Å². The van der Waals surface area contributed by atoms with Crippen molar-refractivity contribution in [2.24, 2.45) is 0 Å². The Morgan fingerprint density at radius 1 is 1.04 bits per heavy atom. The summed E-state index contributed by atoms with van der Waals surface area (Å²) in [6, 6.07) is 17.3. The van der Waals surface area contributed by atoms with Crippen LogP contribution in [0.3, 0.4) is 0 Å². The summed E-state index contributed by atoms with van der Waals surface area (Å²) in [6.45, 7) is 4.61. The molecule has 4 nitrogen and oxygen atoms in total. The molecule has 0 saturated carbocycles. The molecule has 0 radical (unpaired) electrons. The van der Waals surface area contributed by atoms with Crippen molar-refractivity contribution in [1.29, 1.82) is 0 Å². The third-order valence-electron chi connectivity index (χ3n) is 3.24. The van der Waals surface area contributed by atoms with Gasteiger partial charge in [-0.1, -0.05) is 55.4 Å². The van der Waals surface area contributed by atoms with E-state index >= 15 is 0 Å². The number of hydrogen-bond acceptors (Lipinski definition) is 4. The SMILES string of the molecule is CC(C)Sc1nnc(COc2ccccc2)n1-c1ccc(Cl)cc1. The number of aromatic nitrogens is 3. The highest BCUT2D eigenvalue weighted by atomic mass is 35.5. The Morgan fingerprint density at radius 2 is 1.75 bits per heavy atom. The van der Waals surface area contributed by atoms with E-state index in [0.717, 1.165) is 22.4 Å². The molecule has 124 valence electrons. The van der Waals surface area contributed by atoms with Gasteiger partial charge in [0, 0.05) is 16.0 Å². The summed E-state index contributed by atoms with van der Waals surface area (Å²) in [6.07, 6.45) is 0. The fourth-order valence-electron chi connectivity index (χ4n) is 2.20. The van der Waals surface area contributed by atoms with Gasteiger partial charge in [0.1, 0.15) is 12.4 Å². The van der Waals surface area contributed by atoms with Crippen LogP contribution in [0, 0.1) is 0 Å². The number of halogens is 1. The number of thioether (sulfide) groups is 1. The van der Waals surface area contributed by atoms with Gasteiger partial charge in [0.05, 0.1) is 0 Å². The summed E-state index contributed by atoms with van der Waals surface area (Å²) < 4.78 is 7.86. The van der Waals surface area contributed by atoms with Crippen molar-refractivity contribution in [3.05, 3.63) is 65.4 Å². The Kier molecular flexibility index (Phi) is 5.43. The first-order valence-corrected chi connectivity index (χ1v) is 8.94. The van der Waals surface area contributed by atoms with E-state index in [1.807, 2.05) is 59.2 Å². The van der Waals surface area contributed by atoms with E-state index in [1.54, 1.807) is 11.8 Å². The maximum Gasteiger partial charge on any atom is 0.196 e. The molecule has 3 rings (SSSR count). The van der Waals surface area contributed by atoms with E-state index in [2.05, 4.69) is 24.0 Å². The molecule has 0 amide bonds. The largest absolute Gasteiger partial charge is 0.486 e. The highest BCUT2D eigenvalue weighted by Crippen LogP contribution is 2.26.